The Hall–Kier alpha value is -1.40. The van der Waals surface area contributed by atoms with E-state index in [-0.39, 0.29) is 10.4 Å². The van der Waals surface area contributed by atoms with Crippen LogP contribution in [0, 0.1) is 0 Å². The predicted molar refractivity (Wildman–Crippen MR) is 63.4 cm³/mol. The van der Waals surface area contributed by atoms with Crippen molar-refractivity contribution in [3.05, 3.63) is 33.1 Å². The molecule has 2 N–H and O–H groups in total. The molecule has 0 saturated carbocycles. The Kier molecular flexibility index (Phi) is 2.69. The Morgan fingerprint density at radius 1 is 1.19 bits per heavy atom. The molecule has 0 saturated heterocycles. The summed E-state index contributed by atoms with van der Waals surface area (Å²) >= 11 is 4.23. The minimum absolute atomic E-state index is 0.144. The van der Waals surface area contributed by atoms with Crippen molar-refractivity contribution in [3.8, 4) is 0 Å². The highest BCUT2D eigenvalue weighted by atomic mass is 79.9. The number of hydrogen-bond donors (Lipinski definition) is 2. The van der Waals surface area contributed by atoms with Gasteiger partial charge in [0.2, 0.25) is 0 Å². The molecule has 0 aliphatic rings. The molecule has 0 radical (unpaired) electrons. The van der Waals surface area contributed by atoms with Gasteiger partial charge >= 0.3 is 11.9 Å². The molecular weight excluding hydrogens is 296 g/mol. The molecule has 1 aromatic heterocycles. The van der Waals surface area contributed by atoms with E-state index in [1.165, 1.54) is 0 Å². The van der Waals surface area contributed by atoms with E-state index >= 15 is 0 Å². The molecule has 0 atom stereocenters. The van der Waals surface area contributed by atoms with Gasteiger partial charge < -0.3 is 10.2 Å². The summed E-state index contributed by atoms with van der Waals surface area (Å²) in [6.07, 6.45) is 0. The number of carboxylic acid groups (broad SMARTS) is 2. The second-order valence-electron chi connectivity index (χ2n) is 3.03. The Morgan fingerprint density at radius 2 is 1.88 bits per heavy atom. The smallest absolute Gasteiger partial charge is 0.346 e. The van der Waals surface area contributed by atoms with Crippen molar-refractivity contribution in [1.29, 1.82) is 0 Å². The molecule has 0 bridgehead atoms. The molecule has 0 amide bonds. The third-order valence-corrected chi connectivity index (χ3v) is 4.23. The third-order valence-electron chi connectivity index (χ3n) is 2.08. The van der Waals surface area contributed by atoms with Crippen LogP contribution in [0.2, 0.25) is 0 Å². The molecule has 0 unspecified atom stereocenters. The summed E-state index contributed by atoms with van der Waals surface area (Å²) in [6.45, 7) is 0. The molecule has 4 nitrogen and oxygen atoms in total. The zero-order valence-electron chi connectivity index (χ0n) is 7.73. The fraction of sp³-hybridized carbons (Fsp3) is 0. The lowest BCUT2D eigenvalue weighted by Crippen LogP contribution is -2.03. The van der Waals surface area contributed by atoms with Crippen molar-refractivity contribution in [2.24, 2.45) is 0 Å². The Morgan fingerprint density at radius 3 is 2.44 bits per heavy atom. The monoisotopic (exact) mass is 300 g/mol. The molecule has 0 spiro atoms. The molecule has 0 fully saturated rings. The van der Waals surface area contributed by atoms with Crippen LogP contribution in [-0.2, 0) is 0 Å². The van der Waals surface area contributed by atoms with Gasteiger partial charge in [-0.25, -0.2) is 9.59 Å². The van der Waals surface area contributed by atoms with Crippen LogP contribution in [-0.4, -0.2) is 22.2 Å². The first-order valence-electron chi connectivity index (χ1n) is 4.20. The lowest BCUT2D eigenvalue weighted by Gasteiger charge is -1.94. The molecular formula is C10H5BrO4S. The molecule has 0 aliphatic carbocycles. The minimum atomic E-state index is -1.22. The highest BCUT2D eigenvalue weighted by Gasteiger charge is 2.23. The number of benzene rings is 1. The maximum atomic E-state index is 11.0. The topological polar surface area (TPSA) is 74.6 Å². The van der Waals surface area contributed by atoms with Gasteiger partial charge in [-0.15, -0.1) is 11.3 Å². The summed E-state index contributed by atoms with van der Waals surface area (Å²) in [7, 11) is 0. The molecule has 16 heavy (non-hydrogen) atoms. The van der Waals surface area contributed by atoms with Crippen molar-refractivity contribution in [2.45, 2.75) is 0 Å². The highest BCUT2D eigenvalue weighted by Crippen LogP contribution is 2.36. The fourth-order valence-electron chi connectivity index (χ4n) is 1.45. The normalized spacial score (nSPS) is 10.6. The zero-order valence-corrected chi connectivity index (χ0v) is 10.1. The molecule has 2 aromatic rings. The summed E-state index contributed by atoms with van der Waals surface area (Å²) < 4.78 is 1.34. The van der Waals surface area contributed by atoms with Crippen molar-refractivity contribution in [3.63, 3.8) is 0 Å². The SMILES string of the molecule is O=C(O)c1sc2c(Br)cccc2c1C(=O)O. The third kappa shape index (κ3) is 1.60. The van der Waals surface area contributed by atoms with Crippen molar-refractivity contribution in [1.82, 2.24) is 0 Å². The van der Waals surface area contributed by atoms with Gasteiger partial charge in [0.15, 0.2) is 0 Å². The van der Waals surface area contributed by atoms with E-state index in [4.69, 9.17) is 10.2 Å². The van der Waals surface area contributed by atoms with Gasteiger partial charge in [-0.1, -0.05) is 12.1 Å². The van der Waals surface area contributed by atoms with Crippen LogP contribution in [0.1, 0.15) is 20.0 Å². The van der Waals surface area contributed by atoms with Gasteiger partial charge in [0.05, 0.1) is 10.3 Å². The van der Waals surface area contributed by atoms with E-state index in [1.54, 1.807) is 18.2 Å². The second kappa shape index (κ2) is 3.88. The standard InChI is InChI=1S/C10H5BrO4S/c11-5-3-1-2-4-6(9(12)13)8(10(14)15)16-7(4)5/h1-3H,(H,12,13)(H,14,15). The lowest BCUT2D eigenvalue weighted by atomic mass is 10.1. The molecule has 1 aromatic carbocycles. The van der Waals surface area contributed by atoms with Gasteiger partial charge in [0.1, 0.15) is 4.88 Å². The first-order chi connectivity index (χ1) is 7.52. The number of hydrogen-bond acceptors (Lipinski definition) is 3. The Balaban J connectivity index is 2.92. The maximum absolute atomic E-state index is 11.0. The molecule has 82 valence electrons. The van der Waals surface area contributed by atoms with Crippen LogP contribution in [0.4, 0.5) is 0 Å². The van der Waals surface area contributed by atoms with E-state index in [0.717, 1.165) is 11.3 Å². The van der Waals surface area contributed by atoms with Gasteiger partial charge in [0, 0.05) is 9.86 Å². The van der Waals surface area contributed by atoms with Crippen molar-refractivity contribution in [2.75, 3.05) is 0 Å². The van der Waals surface area contributed by atoms with Gasteiger partial charge in [-0.2, -0.15) is 0 Å². The largest absolute Gasteiger partial charge is 0.478 e. The minimum Gasteiger partial charge on any atom is -0.478 e. The predicted octanol–water partition coefficient (Wildman–Crippen LogP) is 3.06. The molecule has 0 aliphatic heterocycles. The van der Waals surface area contributed by atoms with Crippen molar-refractivity contribution < 1.29 is 19.8 Å². The zero-order chi connectivity index (χ0) is 11.9. The summed E-state index contributed by atoms with van der Waals surface area (Å²) in [5.74, 6) is -2.44. The first kappa shape index (κ1) is 11.1. The number of carbonyl (C=O) groups is 2. The molecule has 2 rings (SSSR count). The quantitative estimate of drug-likeness (QED) is 0.894. The summed E-state index contributed by atoms with van der Waals surface area (Å²) in [5.41, 5.74) is -0.145. The fourth-order valence-corrected chi connectivity index (χ4v) is 3.09. The maximum Gasteiger partial charge on any atom is 0.346 e. The number of carboxylic acids is 2. The van der Waals surface area contributed by atoms with Crippen LogP contribution < -0.4 is 0 Å². The summed E-state index contributed by atoms with van der Waals surface area (Å²) in [5, 5.41) is 18.4. The van der Waals surface area contributed by atoms with E-state index in [1.807, 2.05) is 0 Å². The Bertz CT molecular complexity index is 602. The number of halogens is 1. The average Bonchev–Trinajstić information content (AvgIpc) is 2.58. The van der Waals surface area contributed by atoms with Gasteiger partial charge in [0.25, 0.3) is 0 Å². The number of aromatic carboxylic acids is 2. The van der Waals surface area contributed by atoms with Gasteiger partial charge in [-0.05, 0) is 22.0 Å². The van der Waals surface area contributed by atoms with E-state index in [0.29, 0.717) is 14.6 Å². The van der Waals surface area contributed by atoms with Crippen LogP contribution in [0.5, 0.6) is 0 Å². The van der Waals surface area contributed by atoms with E-state index in [9.17, 15) is 9.59 Å². The van der Waals surface area contributed by atoms with E-state index in [2.05, 4.69) is 15.9 Å². The first-order valence-corrected chi connectivity index (χ1v) is 5.81. The summed E-state index contributed by atoms with van der Waals surface area (Å²) in [6, 6.07) is 5.03. The number of fused-ring (bicyclic) bond motifs is 1. The summed E-state index contributed by atoms with van der Waals surface area (Å²) in [4.78, 5) is 21.8. The second-order valence-corrected chi connectivity index (χ2v) is 4.91. The van der Waals surface area contributed by atoms with Crippen LogP contribution in [0.15, 0.2) is 22.7 Å². The number of thiophene rings is 1. The van der Waals surface area contributed by atoms with Crippen LogP contribution in [0.3, 0.4) is 0 Å². The molecule has 6 heteroatoms. The van der Waals surface area contributed by atoms with E-state index < -0.39 is 11.9 Å². The van der Waals surface area contributed by atoms with Crippen LogP contribution >= 0.6 is 27.3 Å². The van der Waals surface area contributed by atoms with Gasteiger partial charge in [-0.3, -0.25) is 0 Å². The van der Waals surface area contributed by atoms with Crippen LogP contribution in [0.25, 0.3) is 10.1 Å². The number of rotatable bonds is 2. The molecule has 1 heterocycles. The highest BCUT2D eigenvalue weighted by molar-refractivity contribution is 9.10. The Labute approximate surface area is 102 Å². The average molecular weight is 301 g/mol. The lowest BCUT2D eigenvalue weighted by molar-refractivity contribution is 0.0657. The van der Waals surface area contributed by atoms with Crippen molar-refractivity contribution >= 4 is 49.3 Å².